The normalized spacial score (nSPS) is 12.9. The lowest BCUT2D eigenvalue weighted by Crippen LogP contribution is -2.25. The number of nitrogens with one attached hydrogen (secondary N) is 2. The Labute approximate surface area is 206 Å². The highest BCUT2D eigenvalue weighted by Crippen LogP contribution is 2.32. The lowest BCUT2D eigenvalue weighted by Gasteiger charge is -2.18. The van der Waals surface area contributed by atoms with E-state index < -0.39 is 21.9 Å². The Bertz CT molecular complexity index is 1120. The largest absolute Gasteiger partial charge is 0.486 e. The number of unbranched alkanes of at least 4 members (excludes halogenated alkanes) is 2. The zero-order chi connectivity index (χ0) is 25.3. The topological polar surface area (TPSA) is 120 Å². The fourth-order valence-corrected chi connectivity index (χ4v) is 4.51. The maximum atomic E-state index is 12.5. The zero-order valence-electron chi connectivity index (χ0n) is 20.0. The Morgan fingerprint density at radius 3 is 2.40 bits per heavy atom. The van der Waals surface area contributed by atoms with Gasteiger partial charge in [0.25, 0.3) is 5.91 Å². The Hall–Kier alpha value is -3.11. The summed E-state index contributed by atoms with van der Waals surface area (Å²) < 4.78 is 43.3. The molecule has 10 heteroatoms. The number of carbonyl (C=O) groups excluding carboxylic acids is 2. The molecule has 35 heavy (non-hydrogen) atoms. The van der Waals surface area contributed by atoms with E-state index >= 15 is 0 Å². The van der Waals surface area contributed by atoms with Crippen LogP contribution in [0.4, 0.5) is 5.69 Å². The summed E-state index contributed by atoms with van der Waals surface area (Å²) in [5.41, 5.74) is 1.82. The summed E-state index contributed by atoms with van der Waals surface area (Å²) in [4.78, 5) is 24.0. The fourth-order valence-electron chi connectivity index (χ4n) is 3.42. The van der Waals surface area contributed by atoms with Crippen LogP contribution < -0.4 is 19.5 Å². The number of hydrogen-bond acceptors (Lipinski definition) is 7. The van der Waals surface area contributed by atoms with Crippen LogP contribution >= 0.6 is 0 Å². The number of benzene rings is 2. The van der Waals surface area contributed by atoms with Crippen LogP contribution in [0.2, 0.25) is 0 Å². The third-order valence-corrected chi connectivity index (χ3v) is 6.86. The molecule has 0 atom stereocenters. The molecule has 1 heterocycles. The molecule has 0 aliphatic carbocycles. The standard InChI is InChI=1S/C25H32N2O7S/c1-18(2)19-7-9-20(10-8-19)27-24(28)17-34-25(29)6-4-3-5-13-26-35(30,31)21-11-12-22-23(16-21)33-15-14-32-22/h7-12,16,18,26H,3-6,13-15,17H2,1-2H3,(H,27,28). The molecule has 0 spiro atoms. The number of hydrogen-bond donors (Lipinski definition) is 2. The van der Waals surface area contributed by atoms with Gasteiger partial charge in [-0.15, -0.1) is 0 Å². The predicted molar refractivity (Wildman–Crippen MR) is 131 cm³/mol. The van der Waals surface area contributed by atoms with Crippen molar-refractivity contribution in [2.45, 2.75) is 50.3 Å². The average Bonchev–Trinajstić information content (AvgIpc) is 2.85. The number of sulfonamides is 1. The van der Waals surface area contributed by atoms with Crippen molar-refractivity contribution >= 4 is 27.6 Å². The Balaban J connectivity index is 1.28. The minimum Gasteiger partial charge on any atom is -0.486 e. The molecule has 190 valence electrons. The maximum Gasteiger partial charge on any atom is 0.306 e. The maximum absolute atomic E-state index is 12.5. The average molecular weight is 505 g/mol. The minimum atomic E-state index is -3.67. The fraction of sp³-hybridized carbons (Fsp3) is 0.440. The van der Waals surface area contributed by atoms with Crippen molar-refractivity contribution < 1.29 is 32.2 Å². The quantitative estimate of drug-likeness (QED) is 0.335. The number of carbonyl (C=O) groups is 2. The van der Waals surface area contributed by atoms with Crippen molar-refractivity contribution in [2.75, 3.05) is 31.7 Å². The van der Waals surface area contributed by atoms with Gasteiger partial charge in [0, 0.05) is 24.7 Å². The highest BCUT2D eigenvalue weighted by atomic mass is 32.2. The van der Waals surface area contributed by atoms with Crippen LogP contribution in [0.5, 0.6) is 11.5 Å². The van der Waals surface area contributed by atoms with Crippen molar-refractivity contribution in [2.24, 2.45) is 0 Å². The third-order valence-electron chi connectivity index (χ3n) is 5.40. The second-order valence-corrected chi connectivity index (χ2v) is 10.3. The molecule has 2 aromatic rings. The minimum absolute atomic E-state index is 0.111. The predicted octanol–water partition coefficient (Wildman–Crippen LogP) is 3.60. The first-order valence-electron chi connectivity index (χ1n) is 11.7. The molecule has 0 saturated heterocycles. The van der Waals surface area contributed by atoms with E-state index in [-0.39, 0.29) is 24.5 Å². The highest BCUT2D eigenvalue weighted by Gasteiger charge is 2.19. The van der Waals surface area contributed by atoms with Gasteiger partial charge in [-0.05, 0) is 48.6 Å². The molecule has 2 N–H and O–H groups in total. The molecule has 0 unspecified atom stereocenters. The van der Waals surface area contributed by atoms with Gasteiger partial charge in [0.1, 0.15) is 13.2 Å². The van der Waals surface area contributed by atoms with E-state index in [4.69, 9.17) is 14.2 Å². The molecule has 2 aromatic carbocycles. The van der Waals surface area contributed by atoms with Crippen LogP contribution in [0.1, 0.15) is 51.0 Å². The molecular weight excluding hydrogens is 472 g/mol. The van der Waals surface area contributed by atoms with E-state index in [1.807, 2.05) is 24.3 Å². The van der Waals surface area contributed by atoms with Gasteiger partial charge >= 0.3 is 5.97 Å². The van der Waals surface area contributed by atoms with Crippen molar-refractivity contribution in [3.8, 4) is 11.5 Å². The third kappa shape index (κ3) is 8.25. The van der Waals surface area contributed by atoms with Crippen LogP contribution in [0, 0.1) is 0 Å². The summed E-state index contributed by atoms with van der Waals surface area (Å²) >= 11 is 0. The molecule has 0 bridgehead atoms. The molecule has 0 saturated carbocycles. The Morgan fingerprint density at radius 1 is 0.971 bits per heavy atom. The van der Waals surface area contributed by atoms with Gasteiger partial charge in [-0.25, -0.2) is 13.1 Å². The van der Waals surface area contributed by atoms with E-state index in [0.29, 0.717) is 55.6 Å². The van der Waals surface area contributed by atoms with Crippen molar-refractivity contribution in [3.63, 3.8) is 0 Å². The summed E-state index contributed by atoms with van der Waals surface area (Å²) in [7, 11) is -3.67. The van der Waals surface area contributed by atoms with Crippen LogP contribution in [0.3, 0.4) is 0 Å². The summed E-state index contributed by atoms with van der Waals surface area (Å²) in [5, 5.41) is 2.70. The molecule has 3 rings (SSSR count). The van der Waals surface area contributed by atoms with E-state index in [1.165, 1.54) is 17.7 Å². The van der Waals surface area contributed by atoms with Crippen molar-refractivity contribution in [3.05, 3.63) is 48.0 Å². The van der Waals surface area contributed by atoms with Gasteiger partial charge in [-0.1, -0.05) is 32.4 Å². The van der Waals surface area contributed by atoms with Gasteiger partial charge in [0.05, 0.1) is 4.90 Å². The molecule has 1 amide bonds. The number of esters is 1. The van der Waals surface area contributed by atoms with Gasteiger partial charge in [0.2, 0.25) is 10.0 Å². The molecular formula is C25H32N2O7S. The SMILES string of the molecule is CC(C)c1ccc(NC(=O)COC(=O)CCCCCNS(=O)(=O)c2ccc3c(c2)OCCO3)cc1. The van der Waals surface area contributed by atoms with E-state index in [2.05, 4.69) is 23.9 Å². The zero-order valence-corrected chi connectivity index (χ0v) is 20.9. The lowest BCUT2D eigenvalue weighted by atomic mass is 10.0. The number of fused-ring (bicyclic) bond motifs is 1. The van der Waals surface area contributed by atoms with Crippen LogP contribution in [-0.4, -0.2) is 46.7 Å². The first kappa shape index (κ1) is 26.5. The van der Waals surface area contributed by atoms with Crippen LogP contribution in [-0.2, 0) is 24.3 Å². The first-order chi connectivity index (χ1) is 16.7. The van der Waals surface area contributed by atoms with Gasteiger partial charge < -0.3 is 19.5 Å². The van der Waals surface area contributed by atoms with Crippen molar-refractivity contribution in [1.29, 1.82) is 0 Å². The van der Waals surface area contributed by atoms with Gasteiger partial charge in [-0.2, -0.15) is 0 Å². The second kappa shape index (κ2) is 12.6. The molecule has 1 aliphatic rings. The van der Waals surface area contributed by atoms with E-state index in [9.17, 15) is 18.0 Å². The van der Waals surface area contributed by atoms with Crippen molar-refractivity contribution in [1.82, 2.24) is 4.72 Å². The number of anilines is 1. The smallest absolute Gasteiger partial charge is 0.306 e. The summed E-state index contributed by atoms with van der Waals surface area (Å²) in [6.07, 6.45) is 1.88. The molecule has 0 fully saturated rings. The molecule has 9 nitrogen and oxygen atoms in total. The number of rotatable bonds is 12. The van der Waals surface area contributed by atoms with E-state index in [1.54, 1.807) is 6.07 Å². The monoisotopic (exact) mass is 504 g/mol. The molecule has 0 aromatic heterocycles. The first-order valence-corrected chi connectivity index (χ1v) is 13.2. The highest BCUT2D eigenvalue weighted by molar-refractivity contribution is 7.89. The Morgan fingerprint density at radius 2 is 1.69 bits per heavy atom. The summed E-state index contributed by atoms with van der Waals surface area (Å²) in [5.74, 6) is 0.479. The number of ether oxygens (including phenoxy) is 3. The second-order valence-electron chi connectivity index (χ2n) is 8.50. The summed E-state index contributed by atoms with van der Waals surface area (Å²) in [6.45, 7) is 4.89. The van der Waals surface area contributed by atoms with Gasteiger partial charge in [0.15, 0.2) is 18.1 Å². The van der Waals surface area contributed by atoms with Crippen LogP contribution in [0.25, 0.3) is 0 Å². The summed E-state index contributed by atoms with van der Waals surface area (Å²) in [6, 6.07) is 12.0. The molecule has 0 radical (unpaired) electrons. The lowest BCUT2D eigenvalue weighted by molar-refractivity contribution is -0.147. The Kier molecular flexibility index (Phi) is 9.50. The van der Waals surface area contributed by atoms with Crippen LogP contribution in [0.15, 0.2) is 47.4 Å². The molecule has 1 aliphatic heterocycles. The number of amides is 1. The van der Waals surface area contributed by atoms with E-state index in [0.717, 1.165) is 0 Å². The van der Waals surface area contributed by atoms with Gasteiger partial charge in [-0.3, -0.25) is 9.59 Å².